The molecule has 0 aliphatic rings. The molecule has 2 aromatic carbocycles. The second-order valence-corrected chi connectivity index (χ2v) is 10.6. The lowest BCUT2D eigenvalue weighted by Crippen LogP contribution is -2.27. The van der Waals surface area contributed by atoms with Gasteiger partial charge in [-0.2, -0.15) is 0 Å². The van der Waals surface area contributed by atoms with E-state index in [1.54, 1.807) is 48.8 Å². The number of halogens is 2. The van der Waals surface area contributed by atoms with Gasteiger partial charge in [-0.1, -0.05) is 36.4 Å². The number of carbonyl (C=O) groups is 2. The van der Waals surface area contributed by atoms with E-state index >= 15 is 0 Å². The molecule has 230 valence electrons. The number of hydrogen-bond acceptors (Lipinski definition) is 6. The van der Waals surface area contributed by atoms with Gasteiger partial charge in [0.15, 0.2) is 0 Å². The van der Waals surface area contributed by atoms with E-state index in [0.29, 0.717) is 27.9 Å². The van der Waals surface area contributed by atoms with Crippen LogP contribution in [-0.2, 0) is 16.1 Å². The predicted octanol–water partition coefficient (Wildman–Crippen LogP) is 5.69. The van der Waals surface area contributed by atoms with Crippen molar-refractivity contribution in [3.8, 4) is 22.3 Å². The molecular formula is C34H35F2N3O5. The monoisotopic (exact) mass is 603 g/mol. The molecule has 0 saturated carbocycles. The molecule has 0 aliphatic carbocycles. The zero-order valence-corrected chi connectivity index (χ0v) is 24.7. The third-order valence-corrected chi connectivity index (χ3v) is 7.04. The van der Waals surface area contributed by atoms with E-state index in [1.807, 2.05) is 24.5 Å². The van der Waals surface area contributed by atoms with E-state index in [9.17, 15) is 28.6 Å². The molecule has 0 radical (unpaired) electrons. The zero-order valence-electron chi connectivity index (χ0n) is 24.7. The van der Waals surface area contributed by atoms with Crippen LogP contribution in [-0.4, -0.2) is 51.0 Å². The minimum atomic E-state index is -1.15. The van der Waals surface area contributed by atoms with Gasteiger partial charge in [-0.15, -0.1) is 0 Å². The predicted molar refractivity (Wildman–Crippen MR) is 163 cm³/mol. The Hall–Kier alpha value is -4.67. The van der Waals surface area contributed by atoms with E-state index in [1.165, 1.54) is 37.5 Å². The van der Waals surface area contributed by atoms with E-state index < -0.39 is 35.7 Å². The van der Waals surface area contributed by atoms with E-state index in [2.05, 4.69) is 15.0 Å². The number of aliphatic hydroxyl groups is 2. The zero-order chi connectivity index (χ0) is 31.8. The molecule has 0 spiro atoms. The lowest BCUT2D eigenvalue weighted by atomic mass is 9.94. The highest BCUT2D eigenvalue weighted by molar-refractivity contribution is 6.06. The molecule has 3 N–H and O–H groups in total. The first-order chi connectivity index (χ1) is 21.1. The summed E-state index contributed by atoms with van der Waals surface area (Å²) in [6.45, 7) is 4.00. The molecule has 4 aromatic rings. The first-order valence-corrected chi connectivity index (χ1v) is 14.2. The van der Waals surface area contributed by atoms with Gasteiger partial charge >= 0.3 is 5.97 Å². The van der Waals surface area contributed by atoms with Gasteiger partial charge in [0.1, 0.15) is 17.3 Å². The van der Waals surface area contributed by atoms with Crippen molar-refractivity contribution in [3.05, 3.63) is 108 Å². The van der Waals surface area contributed by atoms with Crippen LogP contribution in [0.15, 0.2) is 79.1 Å². The topological polar surface area (TPSA) is 114 Å². The summed E-state index contributed by atoms with van der Waals surface area (Å²) in [6.07, 6.45) is 3.69. The Morgan fingerprint density at radius 2 is 1.59 bits per heavy atom. The summed E-state index contributed by atoms with van der Waals surface area (Å²) in [5, 5.41) is 24.0. The minimum absolute atomic E-state index is 0.136. The lowest BCUT2D eigenvalue weighted by molar-refractivity contribution is -0.143. The number of esters is 1. The third kappa shape index (κ3) is 7.83. The minimum Gasteiger partial charge on any atom is -0.469 e. The molecule has 0 bridgehead atoms. The summed E-state index contributed by atoms with van der Waals surface area (Å²) >= 11 is 0. The van der Waals surface area contributed by atoms with Gasteiger partial charge in [0, 0.05) is 48.2 Å². The molecular weight excluding hydrogens is 568 g/mol. The number of nitrogens with zero attached hydrogens (tertiary/aromatic N) is 2. The average Bonchev–Trinajstić information content (AvgIpc) is 3.35. The number of pyridine rings is 1. The maximum Gasteiger partial charge on any atom is 0.308 e. The van der Waals surface area contributed by atoms with Crippen molar-refractivity contribution in [1.29, 1.82) is 0 Å². The molecule has 0 unspecified atom stereocenters. The normalized spacial score (nSPS) is 12.8. The quantitative estimate of drug-likeness (QED) is 0.179. The van der Waals surface area contributed by atoms with Crippen LogP contribution < -0.4 is 5.32 Å². The number of hydrogen-bond donors (Lipinski definition) is 3. The number of nitrogens with one attached hydrogen (secondary N) is 1. The number of benzene rings is 2. The number of rotatable bonds is 12. The van der Waals surface area contributed by atoms with Gasteiger partial charge in [-0.05, 0) is 66.9 Å². The summed E-state index contributed by atoms with van der Waals surface area (Å²) in [5.41, 5.74) is 3.81. The van der Waals surface area contributed by atoms with Gasteiger partial charge in [0.05, 0.1) is 25.7 Å². The van der Waals surface area contributed by atoms with Gasteiger partial charge in [0.2, 0.25) is 0 Å². The summed E-state index contributed by atoms with van der Waals surface area (Å²) in [5.74, 6) is -1.90. The van der Waals surface area contributed by atoms with E-state index in [4.69, 9.17) is 0 Å². The fraction of sp³-hybridized carbons (Fsp3) is 0.265. The van der Waals surface area contributed by atoms with Crippen molar-refractivity contribution < 1.29 is 33.3 Å². The van der Waals surface area contributed by atoms with Crippen LogP contribution in [0.4, 0.5) is 8.78 Å². The first-order valence-electron chi connectivity index (χ1n) is 14.2. The second-order valence-electron chi connectivity index (χ2n) is 10.6. The standard InChI is InChI=1S/C34H35F2N3O5/c1-21(2)39-29(15-14-27(40)17-28(41)18-30(42)44-3)31(23-6-10-25(35)11-7-23)32(24-8-12-26(36)13-9-24)33(39)34(43)38-20-22-5-4-16-37-19-22/h4-16,19,21,27-28,40-41H,17-18,20H2,1-3H3,(H,38,43)/b15-14+/t27-,28-/m1/s1. The number of ether oxygens (including phenoxy) is 1. The van der Waals surface area contributed by atoms with Crippen LogP contribution in [0.1, 0.15) is 54.5 Å². The smallest absolute Gasteiger partial charge is 0.308 e. The van der Waals surface area contributed by atoms with Gasteiger partial charge < -0.3 is 24.8 Å². The number of carbonyl (C=O) groups excluding carboxylic acids is 2. The summed E-state index contributed by atoms with van der Waals surface area (Å²) in [6, 6.07) is 14.9. The van der Waals surface area contributed by atoms with Crippen LogP contribution in [0.5, 0.6) is 0 Å². The molecule has 2 heterocycles. The molecule has 8 nitrogen and oxygen atoms in total. The maximum absolute atomic E-state index is 14.0. The molecule has 1 amide bonds. The van der Waals surface area contributed by atoms with E-state index in [-0.39, 0.29) is 31.1 Å². The van der Waals surface area contributed by atoms with Crippen molar-refractivity contribution in [1.82, 2.24) is 14.9 Å². The average molecular weight is 604 g/mol. The third-order valence-electron chi connectivity index (χ3n) is 7.04. The summed E-state index contributed by atoms with van der Waals surface area (Å²) < 4.78 is 34.5. The Morgan fingerprint density at radius 3 is 2.14 bits per heavy atom. The molecule has 10 heteroatoms. The van der Waals surface area contributed by atoms with Crippen LogP contribution in [0.3, 0.4) is 0 Å². The highest BCUT2D eigenvalue weighted by Gasteiger charge is 2.29. The molecule has 2 aromatic heterocycles. The number of methoxy groups -OCH3 is 1. The highest BCUT2D eigenvalue weighted by atomic mass is 19.1. The summed E-state index contributed by atoms with van der Waals surface area (Å²) in [4.78, 5) is 29.7. The Bertz CT molecular complexity index is 1600. The van der Waals surface area contributed by atoms with Crippen LogP contribution in [0.25, 0.3) is 28.3 Å². The molecule has 0 fully saturated rings. The SMILES string of the molecule is COC(=O)C[C@H](O)C[C@H](O)/C=C/c1c(-c2ccc(F)cc2)c(-c2ccc(F)cc2)c(C(=O)NCc2cccnc2)n1C(C)C. The molecule has 2 atom stereocenters. The summed E-state index contributed by atoms with van der Waals surface area (Å²) in [7, 11) is 1.21. The van der Waals surface area contributed by atoms with Crippen LogP contribution >= 0.6 is 0 Å². The van der Waals surface area contributed by atoms with Crippen molar-refractivity contribution in [2.75, 3.05) is 7.11 Å². The van der Waals surface area contributed by atoms with Crippen LogP contribution in [0, 0.1) is 11.6 Å². The number of aliphatic hydroxyl groups excluding tert-OH is 2. The highest BCUT2D eigenvalue weighted by Crippen LogP contribution is 2.42. The largest absolute Gasteiger partial charge is 0.469 e. The Labute approximate surface area is 254 Å². The van der Waals surface area contributed by atoms with Crippen molar-refractivity contribution in [3.63, 3.8) is 0 Å². The Kier molecular flexibility index (Phi) is 10.8. The fourth-order valence-electron chi connectivity index (χ4n) is 5.02. The Morgan fingerprint density at radius 1 is 0.977 bits per heavy atom. The number of aromatic nitrogens is 2. The van der Waals surface area contributed by atoms with E-state index in [0.717, 1.165) is 5.56 Å². The maximum atomic E-state index is 14.0. The van der Waals surface area contributed by atoms with Gasteiger partial charge in [-0.3, -0.25) is 14.6 Å². The molecule has 0 aliphatic heterocycles. The molecule has 0 saturated heterocycles. The van der Waals surface area contributed by atoms with Crippen molar-refractivity contribution >= 4 is 18.0 Å². The van der Waals surface area contributed by atoms with Crippen molar-refractivity contribution in [2.45, 2.75) is 51.5 Å². The number of amides is 1. The van der Waals surface area contributed by atoms with Gasteiger partial charge in [0.25, 0.3) is 5.91 Å². The molecule has 4 rings (SSSR count). The van der Waals surface area contributed by atoms with Crippen LogP contribution in [0.2, 0.25) is 0 Å². The lowest BCUT2D eigenvalue weighted by Gasteiger charge is -2.17. The fourth-order valence-corrected chi connectivity index (χ4v) is 5.02. The Balaban J connectivity index is 1.90. The second kappa shape index (κ2) is 14.7. The van der Waals surface area contributed by atoms with Gasteiger partial charge in [-0.25, -0.2) is 8.78 Å². The molecule has 44 heavy (non-hydrogen) atoms. The van der Waals surface area contributed by atoms with Crippen molar-refractivity contribution in [2.24, 2.45) is 0 Å². The first kappa shape index (κ1) is 32.2.